The standard InChI is InChI=1S/C18H28N4O2/c1-18(2,3)24-17(23)22(4)13-15-8-6-14(7-9-15)12-21-16-19-10-5-11-20-16/h6-9H,5,10-13H2,1-4H3,(H2,19,20,21). The maximum absolute atomic E-state index is 12.0. The van der Waals surface area contributed by atoms with Gasteiger partial charge in [0.1, 0.15) is 5.60 Å². The highest BCUT2D eigenvalue weighted by atomic mass is 16.6. The fourth-order valence-corrected chi connectivity index (χ4v) is 2.28. The number of benzene rings is 1. The molecule has 1 aliphatic rings. The molecule has 24 heavy (non-hydrogen) atoms. The molecule has 0 bridgehead atoms. The van der Waals surface area contributed by atoms with E-state index in [4.69, 9.17) is 4.74 Å². The highest BCUT2D eigenvalue weighted by Gasteiger charge is 2.19. The summed E-state index contributed by atoms with van der Waals surface area (Å²) in [7, 11) is 1.75. The van der Waals surface area contributed by atoms with E-state index in [9.17, 15) is 4.79 Å². The van der Waals surface area contributed by atoms with Crippen LogP contribution in [0, 0.1) is 0 Å². The summed E-state index contributed by atoms with van der Waals surface area (Å²) in [6, 6.07) is 8.20. The van der Waals surface area contributed by atoms with Crippen molar-refractivity contribution in [1.29, 1.82) is 0 Å². The normalized spacial score (nSPS) is 14.4. The van der Waals surface area contributed by atoms with Crippen LogP contribution in [0.5, 0.6) is 0 Å². The fourth-order valence-electron chi connectivity index (χ4n) is 2.28. The van der Waals surface area contributed by atoms with Crippen LogP contribution in [0.4, 0.5) is 4.79 Å². The Balaban J connectivity index is 1.83. The number of nitrogens with one attached hydrogen (secondary N) is 2. The van der Waals surface area contributed by atoms with Gasteiger partial charge in [-0.2, -0.15) is 0 Å². The van der Waals surface area contributed by atoms with E-state index in [1.54, 1.807) is 11.9 Å². The average Bonchev–Trinajstić information content (AvgIpc) is 2.53. The lowest BCUT2D eigenvalue weighted by molar-refractivity contribution is 0.0285. The van der Waals surface area contributed by atoms with Crippen LogP contribution in [-0.2, 0) is 17.8 Å². The van der Waals surface area contributed by atoms with Gasteiger partial charge in [0, 0.05) is 33.2 Å². The minimum absolute atomic E-state index is 0.311. The quantitative estimate of drug-likeness (QED) is 0.889. The maximum Gasteiger partial charge on any atom is 0.410 e. The van der Waals surface area contributed by atoms with Gasteiger partial charge in [0.15, 0.2) is 5.96 Å². The summed E-state index contributed by atoms with van der Waals surface area (Å²) in [5.41, 5.74) is 1.77. The third kappa shape index (κ3) is 6.10. The van der Waals surface area contributed by atoms with Crippen LogP contribution in [0.15, 0.2) is 29.3 Å². The van der Waals surface area contributed by atoms with E-state index in [-0.39, 0.29) is 6.09 Å². The first-order valence-electron chi connectivity index (χ1n) is 8.37. The maximum atomic E-state index is 12.0. The van der Waals surface area contributed by atoms with Gasteiger partial charge in [-0.05, 0) is 38.3 Å². The lowest BCUT2D eigenvalue weighted by Crippen LogP contribution is -2.40. The zero-order valence-electron chi connectivity index (χ0n) is 15.1. The Bertz CT molecular complexity index is 576. The zero-order valence-corrected chi connectivity index (χ0v) is 15.1. The molecular weight excluding hydrogens is 304 g/mol. The van der Waals surface area contributed by atoms with E-state index in [1.807, 2.05) is 32.9 Å². The summed E-state index contributed by atoms with van der Waals surface area (Å²) in [6.45, 7) is 8.71. The molecule has 0 aromatic heterocycles. The van der Waals surface area contributed by atoms with E-state index in [0.29, 0.717) is 6.54 Å². The Hall–Kier alpha value is -2.24. The summed E-state index contributed by atoms with van der Waals surface area (Å²) in [4.78, 5) is 17.9. The Morgan fingerprint density at radius 1 is 1.29 bits per heavy atom. The van der Waals surface area contributed by atoms with Gasteiger partial charge in [0.25, 0.3) is 0 Å². The van der Waals surface area contributed by atoms with E-state index in [0.717, 1.165) is 37.6 Å². The minimum Gasteiger partial charge on any atom is -0.444 e. The van der Waals surface area contributed by atoms with E-state index < -0.39 is 5.60 Å². The Morgan fingerprint density at radius 3 is 2.54 bits per heavy atom. The first kappa shape index (κ1) is 18.1. The van der Waals surface area contributed by atoms with Crippen molar-refractivity contribution in [2.24, 2.45) is 4.99 Å². The van der Waals surface area contributed by atoms with Crippen LogP contribution in [0.25, 0.3) is 0 Å². The van der Waals surface area contributed by atoms with Gasteiger partial charge < -0.3 is 20.3 Å². The molecule has 0 radical (unpaired) electrons. The molecule has 1 aromatic rings. The van der Waals surface area contributed by atoms with Gasteiger partial charge in [0.05, 0.1) is 0 Å². The second-order valence-electron chi connectivity index (χ2n) is 7.02. The van der Waals surface area contributed by atoms with Crippen molar-refractivity contribution >= 4 is 12.1 Å². The summed E-state index contributed by atoms with van der Waals surface area (Å²) in [6.07, 6.45) is 0.778. The van der Waals surface area contributed by atoms with Gasteiger partial charge >= 0.3 is 6.09 Å². The van der Waals surface area contributed by atoms with Gasteiger partial charge in [-0.15, -0.1) is 0 Å². The van der Waals surface area contributed by atoms with Crippen molar-refractivity contribution in [3.63, 3.8) is 0 Å². The van der Waals surface area contributed by atoms with Crippen molar-refractivity contribution in [1.82, 2.24) is 15.5 Å². The van der Waals surface area contributed by atoms with Crippen LogP contribution in [0.3, 0.4) is 0 Å². The lowest BCUT2D eigenvalue weighted by atomic mass is 10.1. The predicted octanol–water partition coefficient (Wildman–Crippen LogP) is 2.49. The summed E-state index contributed by atoms with van der Waals surface area (Å²) in [5, 5.41) is 6.54. The average molecular weight is 332 g/mol. The molecule has 0 atom stereocenters. The number of amides is 1. The molecule has 1 amide bonds. The minimum atomic E-state index is -0.475. The number of guanidine groups is 1. The molecule has 2 N–H and O–H groups in total. The molecule has 0 fully saturated rings. The van der Waals surface area contributed by atoms with E-state index in [1.165, 1.54) is 5.56 Å². The molecular formula is C18H28N4O2. The molecule has 1 aliphatic heterocycles. The van der Waals surface area contributed by atoms with Crippen molar-refractivity contribution in [2.75, 3.05) is 20.1 Å². The van der Waals surface area contributed by atoms with Crippen molar-refractivity contribution in [3.8, 4) is 0 Å². The Morgan fingerprint density at radius 2 is 1.96 bits per heavy atom. The van der Waals surface area contributed by atoms with Crippen molar-refractivity contribution in [2.45, 2.75) is 45.9 Å². The molecule has 2 rings (SSSR count). The number of rotatable bonds is 4. The van der Waals surface area contributed by atoms with Crippen molar-refractivity contribution < 1.29 is 9.53 Å². The summed E-state index contributed by atoms with van der Waals surface area (Å²) >= 11 is 0. The van der Waals surface area contributed by atoms with Crippen LogP contribution in [0.1, 0.15) is 38.3 Å². The SMILES string of the molecule is CN(Cc1ccc(CNC2=NCCCN2)cc1)C(=O)OC(C)(C)C. The second-order valence-corrected chi connectivity index (χ2v) is 7.02. The molecule has 0 unspecified atom stereocenters. The number of nitrogens with zero attached hydrogens (tertiary/aromatic N) is 2. The third-order valence-corrected chi connectivity index (χ3v) is 3.51. The molecule has 0 aliphatic carbocycles. The van der Waals surface area contributed by atoms with Gasteiger partial charge in [-0.3, -0.25) is 4.99 Å². The highest BCUT2D eigenvalue weighted by molar-refractivity contribution is 5.80. The number of hydrogen-bond donors (Lipinski definition) is 2. The second kappa shape index (κ2) is 8.04. The first-order valence-corrected chi connectivity index (χ1v) is 8.37. The molecule has 6 heteroatoms. The molecule has 132 valence electrons. The van der Waals surface area contributed by atoms with Crippen molar-refractivity contribution in [3.05, 3.63) is 35.4 Å². The van der Waals surface area contributed by atoms with E-state index >= 15 is 0 Å². The molecule has 0 saturated carbocycles. The first-order chi connectivity index (χ1) is 11.3. The van der Waals surface area contributed by atoms with Crippen LogP contribution in [-0.4, -0.2) is 42.7 Å². The monoisotopic (exact) mass is 332 g/mol. The van der Waals surface area contributed by atoms with Crippen LogP contribution in [0.2, 0.25) is 0 Å². The topological polar surface area (TPSA) is 66.0 Å². The third-order valence-electron chi connectivity index (χ3n) is 3.51. The fraction of sp³-hybridized carbons (Fsp3) is 0.556. The Kier molecular flexibility index (Phi) is 6.06. The number of carbonyl (C=O) groups is 1. The molecule has 6 nitrogen and oxygen atoms in total. The molecule has 0 saturated heterocycles. The predicted molar refractivity (Wildman–Crippen MR) is 95.9 cm³/mol. The molecule has 1 heterocycles. The smallest absolute Gasteiger partial charge is 0.410 e. The van der Waals surface area contributed by atoms with Gasteiger partial charge in [-0.1, -0.05) is 24.3 Å². The van der Waals surface area contributed by atoms with Crippen LogP contribution < -0.4 is 10.6 Å². The molecule has 0 spiro atoms. The number of hydrogen-bond acceptors (Lipinski definition) is 5. The summed E-state index contributed by atoms with van der Waals surface area (Å²) < 4.78 is 5.36. The largest absolute Gasteiger partial charge is 0.444 e. The number of ether oxygens (including phenoxy) is 1. The highest BCUT2D eigenvalue weighted by Crippen LogP contribution is 2.12. The number of aliphatic imine (C=N–C) groups is 1. The van der Waals surface area contributed by atoms with Gasteiger partial charge in [0.2, 0.25) is 0 Å². The summed E-state index contributed by atoms with van der Waals surface area (Å²) in [5.74, 6) is 0.870. The van der Waals surface area contributed by atoms with Crippen LogP contribution >= 0.6 is 0 Å². The zero-order chi connectivity index (χ0) is 17.6. The Labute approximate surface area is 144 Å². The number of carbonyl (C=O) groups excluding carboxylic acids is 1. The van der Waals surface area contributed by atoms with E-state index in [2.05, 4.69) is 27.8 Å². The molecule has 1 aromatic carbocycles. The lowest BCUT2D eigenvalue weighted by Gasteiger charge is -2.24. The van der Waals surface area contributed by atoms with Gasteiger partial charge in [-0.25, -0.2) is 4.79 Å².